The van der Waals surface area contributed by atoms with Crippen molar-refractivity contribution in [3.05, 3.63) is 24.3 Å². The van der Waals surface area contributed by atoms with Crippen LogP contribution in [0.4, 0.5) is 4.39 Å². The maximum Gasteiger partial charge on any atom is 0.217 e. The number of allylic oxidation sites excluding steroid dienone is 2. The second kappa shape index (κ2) is 5.99. The number of rotatable bonds is 6. The number of carbonyl (C=O) groups is 1. The van der Waals surface area contributed by atoms with Gasteiger partial charge < -0.3 is 5.32 Å². The van der Waals surface area contributed by atoms with Gasteiger partial charge in [-0.2, -0.15) is 0 Å². The fourth-order valence-corrected chi connectivity index (χ4v) is 2.25. The molecule has 0 aromatic rings. The summed E-state index contributed by atoms with van der Waals surface area (Å²) in [5, 5.41) is 2.84. The van der Waals surface area contributed by atoms with Crippen LogP contribution in [0.25, 0.3) is 0 Å². The zero-order valence-corrected chi connectivity index (χ0v) is 11.6. The van der Waals surface area contributed by atoms with Crippen molar-refractivity contribution in [3.63, 3.8) is 0 Å². The predicted octanol–water partition coefficient (Wildman–Crippen LogP) is 3.54. The molecule has 17 heavy (non-hydrogen) atoms. The Bertz CT molecular complexity index is 315. The van der Waals surface area contributed by atoms with Crippen LogP contribution in [0.2, 0.25) is 0 Å². The van der Waals surface area contributed by atoms with Crippen LogP contribution in [0, 0.1) is 0 Å². The standard InChI is InChI=1S/C14H24FNO/c1-7-12(8-2)9-14(6,16-11(3)17)10-13(4,5)15/h7-8H,1,9-10H2,2-6H3,(H,16,17)/b12-8+/t14-/m1/s1. The van der Waals surface area contributed by atoms with Crippen LogP contribution in [0.5, 0.6) is 0 Å². The van der Waals surface area contributed by atoms with Gasteiger partial charge in [-0.1, -0.05) is 24.3 Å². The zero-order valence-electron chi connectivity index (χ0n) is 11.6. The van der Waals surface area contributed by atoms with Crippen molar-refractivity contribution in [1.29, 1.82) is 0 Å². The number of carbonyl (C=O) groups excluding carboxylic acids is 1. The van der Waals surface area contributed by atoms with Crippen LogP contribution in [-0.4, -0.2) is 17.1 Å². The molecule has 2 nitrogen and oxygen atoms in total. The molecule has 1 amide bonds. The van der Waals surface area contributed by atoms with E-state index in [0.717, 1.165) is 5.57 Å². The average molecular weight is 241 g/mol. The highest BCUT2D eigenvalue weighted by Gasteiger charge is 2.33. The molecule has 0 rings (SSSR count). The van der Waals surface area contributed by atoms with Crippen LogP contribution in [0.1, 0.15) is 47.5 Å². The van der Waals surface area contributed by atoms with Crippen molar-refractivity contribution in [2.45, 2.75) is 58.7 Å². The molecule has 0 aliphatic rings. The van der Waals surface area contributed by atoms with Crippen molar-refractivity contribution in [2.75, 3.05) is 0 Å². The van der Waals surface area contributed by atoms with Gasteiger partial charge >= 0.3 is 0 Å². The first-order valence-electron chi connectivity index (χ1n) is 5.87. The molecule has 0 saturated carbocycles. The first kappa shape index (κ1) is 15.9. The molecule has 0 fully saturated rings. The van der Waals surface area contributed by atoms with Crippen LogP contribution in [-0.2, 0) is 4.79 Å². The third-order valence-corrected chi connectivity index (χ3v) is 2.52. The maximum absolute atomic E-state index is 13.8. The second-order valence-electron chi connectivity index (χ2n) is 5.38. The van der Waals surface area contributed by atoms with Gasteiger partial charge in [-0.25, -0.2) is 4.39 Å². The minimum atomic E-state index is -1.32. The van der Waals surface area contributed by atoms with Gasteiger partial charge in [0.25, 0.3) is 0 Å². The molecule has 0 radical (unpaired) electrons. The first-order chi connectivity index (χ1) is 7.62. The second-order valence-corrected chi connectivity index (χ2v) is 5.38. The van der Waals surface area contributed by atoms with E-state index in [4.69, 9.17) is 0 Å². The van der Waals surface area contributed by atoms with E-state index in [1.54, 1.807) is 6.08 Å². The smallest absolute Gasteiger partial charge is 0.217 e. The number of nitrogens with one attached hydrogen (secondary N) is 1. The summed E-state index contributed by atoms with van der Waals surface area (Å²) in [6.07, 6.45) is 4.52. The van der Waals surface area contributed by atoms with Crippen molar-refractivity contribution >= 4 is 5.91 Å². The highest BCUT2D eigenvalue weighted by atomic mass is 19.1. The number of hydrogen-bond acceptors (Lipinski definition) is 1. The van der Waals surface area contributed by atoms with Crippen LogP contribution in [0.15, 0.2) is 24.3 Å². The van der Waals surface area contributed by atoms with Gasteiger partial charge in [0, 0.05) is 18.9 Å². The molecule has 1 N–H and O–H groups in total. The third kappa shape index (κ3) is 6.93. The Morgan fingerprint density at radius 2 is 1.94 bits per heavy atom. The predicted molar refractivity (Wildman–Crippen MR) is 70.6 cm³/mol. The molecule has 0 aromatic carbocycles. The average Bonchev–Trinajstić information content (AvgIpc) is 2.09. The lowest BCUT2D eigenvalue weighted by Crippen LogP contribution is -2.48. The van der Waals surface area contributed by atoms with Crippen molar-refractivity contribution in [3.8, 4) is 0 Å². The largest absolute Gasteiger partial charge is 0.351 e. The van der Waals surface area contributed by atoms with Crippen LogP contribution >= 0.6 is 0 Å². The molecule has 0 saturated heterocycles. The Hall–Kier alpha value is -1.12. The summed E-state index contributed by atoms with van der Waals surface area (Å²) in [4.78, 5) is 11.2. The summed E-state index contributed by atoms with van der Waals surface area (Å²) >= 11 is 0. The topological polar surface area (TPSA) is 29.1 Å². The third-order valence-electron chi connectivity index (χ3n) is 2.52. The maximum atomic E-state index is 13.8. The molecular formula is C14H24FNO. The van der Waals surface area contributed by atoms with Gasteiger partial charge in [0.15, 0.2) is 0 Å². The van der Waals surface area contributed by atoms with Crippen molar-refractivity contribution < 1.29 is 9.18 Å². The number of hydrogen-bond donors (Lipinski definition) is 1. The van der Waals surface area contributed by atoms with E-state index in [9.17, 15) is 9.18 Å². The summed E-state index contributed by atoms with van der Waals surface area (Å²) in [7, 11) is 0. The van der Waals surface area contributed by atoms with Crippen LogP contribution in [0.3, 0.4) is 0 Å². The lowest BCUT2D eigenvalue weighted by atomic mass is 9.83. The van der Waals surface area contributed by atoms with Gasteiger partial charge in [-0.15, -0.1) is 0 Å². The number of amides is 1. The van der Waals surface area contributed by atoms with E-state index in [0.29, 0.717) is 6.42 Å². The molecule has 0 spiro atoms. The lowest BCUT2D eigenvalue weighted by molar-refractivity contribution is -0.121. The monoisotopic (exact) mass is 241 g/mol. The highest BCUT2D eigenvalue weighted by molar-refractivity contribution is 5.73. The SMILES string of the molecule is C=C/C(=C\C)C[C@](C)(CC(C)(C)F)NC(C)=O. The van der Waals surface area contributed by atoms with Gasteiger partial charge in [-0.3, -0.25) is 4.79 Å². The Morgan fingerprint density at radius 3 is 2.24 bits per heavy atom. The first-order valence-corrected chi connectivity index (χ1v) is 5.87. The van der Waals surface area contributed by atoms with E-state index in [2.05, 4.69) is 11.9 Å². The van der Waals surface area contributed by atoms with Gasteiger partial charge in [0.2, 0.25) is 5.91 Å². The van der Waals surface area contributed by atoms with E-state index in [-0.39, 0.29) is 12.3 Å². The van der Waals surface area contributed by atoms with Crippen LogP contribution < -0.4 is 5.32 Å². The Morgan fingerprint density at radius 1 is 1.41 bits per heavy atom. The zero-order chi connectivity index (χ0) is 13.7. The molecule has 1 atom stereocenters. The molecule has 0 aliphatic heterocycles. The molecule has 0 heterocycles. The lowest BCUT2D eigenvalue weighted by Gasteiger charge is -2.35. The van der Waals surface area contributed by atoms with Gasteiger partial charge in [0.05, 0.1) is 0 Å². The Kier molecular flexibility index (Phi) is 5.59. The fraction of sp³-hybridized carbons (Fsp3) is 0.643. The Balaban J connectivity index is 4.96. The van der Waals surface area contributed by atoms with E-state index < -0.39 is 11.2 Å². The highest BCUT2D eigenvalue weighted by Crippen LogP contribution is 2.29. The van der Waals surface area contributed by atoms with Crippen molar-refractivity contribution in [1.82, 2.24) is 5.32 Å². The fourth-order valence-electron chi connectivity index (χ4n) is 2.25. The number of halogens is 1. The van der Waals surface area contributed by atoms with Crippen molar-refractivity contribution in [2.24, 2.45) is 0 Å². The molecule has 0 aromatic heterocycles. The molecule has 0 bridgehead atoms. The quantitative estimate of drug-likeness (QED) is 0.708. The minimum Gasteiger partial charge on any atom is -0.351 e. The minimum absolute atomic E-state index is 0.142. The van der Waals surface area contributed by atoms with Gasteiger partial charge in [0.1, 0.15) is 5.67 Å². The normalized spacial score (nSPS) is 16.2. The number of alkyl halides is 1. The van der Waals surface area contributed by atoms with Gasteiger partial charge in [-0.05, 0) is 34.1 Å². The molecule has 98 valence electrons. The summed E-state index contributed by atoms with van der Waals surface area (Å²) in [6, 6.07) is 0. The summed E-state index contributed by atoms with van der Waals surface area (Å²) in [6.45, 7) is 12.0. The molecular weight excluding hydrogens is 217 g/mol. The van der Waals surface area contributed by atoms with E-state index >= 15 is 0 Å². The van der Waals surface area contributed by atoms with E-state index in [1.165, 1.54) is 20.8 Å². The molecule has 3 heteroatoms. The molecule has 0 aliphatic carbocycles. The summed E-state index contributed by atoms with van der Waals surface area (Å²) < 4.78 is 13.8. The van der Waals surface area contributed by atoms with E-state index in [1.807, 2.05) is 19.9 Å². The summed E-state index contributed by atoms with van der Waals surface area (Å²) in [5.74, 6) is -0.142. The molecule has 0 unspecified atom stereocenters. The Labute approximate surface area is 104 Å². The summed E-state index contributed by atoms with van der Waals surface area (Å²) in [5.41, 5.74) is -0.900.